The number of hydrogen-bond acceptors (Lipinski definition) is 2. The molecule has 0 aliphatic rings. The van der Waals surface area contributed by atoms with Crippen LogP contribution in [0.2, 0.25) is 0 Å². The van der Waals surface area contributed by atoms with Crippen LogP contribution in [0.3, 0.4) is 0 Å². The molecule has 11 heavy (non-hydrogen) atoms. The average molecular weight is 157 g/mol. The Morgan fingerprint density at radius 2 is 2.27 bits per heavy atom. The summed E-state index contributed by atoms with van der Waals surface area (Å²) in [5.41, 5.74) is 5.70. The summed E-state index contributed by atoms with van der Waals surface area (Å²) < 4.78 is 12.9. The molecular formula is C7H12FN3. The van der Waals surface area contributed by atoms with Gasteiger partial charge in [-0.15, -0.1) is 0 Å². The first kappa shape index (κ1) is 8.04. The normalized spacial score (nSPS) is 10.9. The molecule has 0 unspecified atom stereocenters. The molecule has 0 radical (unpaired) electrons. The minimum Gasteiger partial charge on any atom is -0.380 e. The van der Waals surface area contributed by atoms with E-state index in [4.69, 9.17) is 5.73 Å². The smallest absolute Gasteiger partial charge is 0.187 e. The van der Waals surface area contributed by atoms with Crippen LogP contribution < -0.4 is 5.73 Å². The highest BCUT2D eigenvalue weighted by molar-refractivity contribution is 5.31. The van der Waals surface area contributed by atoms with Crippen molar-refractivity contribution < 1.29 is 4.39 Å². The van der Waals surface area contributed by atoms with Crippen LogP contribution in [0.4, 0.5) is 10.2 Å². The van der Waals surface area contributed by atoms with E-state index in [2.05, 4.69) is 10.2 Å². The van der Waals surface area contributed by atoms with Crippen LogP contribution in [-0.4, -0.2) is 10.2 Å². The number of rotatable bonds is 2. The lowest BCUT2D eigenvalue weighted by Crippen LogP contribution is -1.97. The van der Waals surface area contributed by atoms with Crippen molar-refractivity contribution in [2.75, 3.05) is 5.73 Å². The first-order chi connectivity index (χ1) is 5.11. The van der Waals surface area contributed by atoms with Gasteiger partial charge in [0.25, 0.3) is 0 Å². The Bertz CT molecular complexity index is 242. The van der Waals surface area contributed by atoms with Crippen LogP contribution in [0.25, 0.3) is 0 Å². The molecule has 0 bridgehead atoms. The number of aromatic nitrogens is 2. The Kier molecular flexibility index (Phi) is 2.12. The standard InChI is InChI=1S/C7H12FN3/c1-4(2)3-5-6(8)7(9)11-10-5/h4H,3H2,1-2H3,(H3,9,10,11). The molecule has 0 amide bonds. The van der Waals surface area contributed by atoms with Crippen molar-refractivity contribution in [1.29, 1.82) is 0 Å². The minimum atomic E-state index is -0.404. The maximum absolute atomic E-state index is 12.9. The molecule has 0 aliphatic carbocycles. The molecule has 1 heterocycles. The molecule has 1 aromatic rings. The SMILES string of the molecule is CC(C)Cc1[nH]nc(N)c1F. The van der Waals surface area contributed by atoms with Crippen LogP contribution in [-0.2, 0) is 6.42 Å². The van der Waals surface area contributed by atoms with E-state index in [1.807, 2.05) is 13.8 Å². The Morgan fingerprint density at radius 1 is 1.64 bits per heavy atom. The number of hydrogen-bond donors (Lipinski definition) is 2. The second-order valence-electron chi connectivity index (χ2n) is 3.00. The first-order valence-corrected chi connectivity index (χ1v) is 3.59. The van der Waals surface area contributed by atoms with Crippen molar-refractivity contribution in [2.24, 2.45) is 5.92 Å². The van der Waals surface area contributed by atoms with Gasteiger partial charge in [-0.25, -0.2) is 4.39 Å². The quantitative estimate of drug-likeness (QED) is 0.680. The zero-order chi connectivity index (χ0) is 8.43. The summed E-state index contributed by atoms with van der Waals surface area (Å²) in [6, 6.07) is 0. The van der Waals surface area contributed by atoms with Gasteiger partial charge in [0, 0.05) is 0 Å². The van der Waals surface area contributed by atoms with E-state index >= 15 is 0 Å². The van der Waals surface area contributed by atoms with Crippen molar-refractivity contribution in [1.82, 2.24) is 10.2 Å². The van der Waals surface area contributed by atoms with E-state index in [0.29, 0.717) is 18.0 Å². The highest BCUT2D eigenvalue weighted by Crippen LogP contribution is 2.13. The molecule has 0 aromatic carbocycles. The zero-order valence-electron chi connectivity index (χ0n) is 6.69. The molecule has 0 atom stereocenters. The molecule has 1 aromatic heterocycles. The van der Waals surface area contributed by atoms with E-state index in [1.54, 1.807) is 0 Å². The van der Waals surface area contributed by atoms with Gasteiger partial charge < -0.3 is 5.73 Å². The van der Waals surface area contributed by atoms with E-state index in [0.717, 1.165) is 0 Å². The molecule has 3 nitrogen and oxygen atoms in total. The van der Waals surface area contributed by atoms with Gasteiger partial charge in [-0.3, -0.25) is 5.10 Å². The lowest BCUT2D eigenvalue weighted by molar-refractivity contribution is 0.572. The molecule has 0 fully saturated rings. The summed E-state index contributed by atoms with van der Waals surface area (Å²) in [6.07, 6.45) is 0.649. The summed E-state index contributed by atoms with van der Waals surface area (Å²) in [6.45, 7) is 4.02. The summed E-state index contributed by atoms with van der Waals surface area (Å²) in [4.78, 5) is 0. The van der Waals surface area contributed by atoms with Crippen molar-refractivity contribution >= 4 is 5.82 Å². The number of nitrogen functional groups attached to an aromatic ring is 1. The van der Waals surface area contributed by atoms with Crippen LogP contribution >= 0.6 is 0 Å². The highest BCUT2D eigenvalue weighted by atomic mass is 19.1. The number of nitrogens with zero attached hydrogens (tertiary/aromatic N) is 1. The fourth-order valence-corrected chi connectivity index (χ4v) is 0.924. The monoisotopic (exact) mass is 157 g/mol. The Labute approximate surface area is 64.8 Å². The van der Waals surface area contributed by atoms with E-state index < -0.39 is 5.82 Å². The minimum absolute atomic E-state index is 0.0411. The molecule has 4 heteroatoms. The van der Waals surface area contributed by atoms with Crippen LogP contribution in [0.5, 0.6) is 0 Å². The maximum Gasteiger partial charge on any atom is 0.187 e. The summed E-state index contributed by atoms with van der Waals surface area (Å²) in [5.74, 6) is -0.0382. The van der Waals surface area contributed by atoms with Gasteiger partial charge in [0.05, 0.1) is 5.69 Å². The molecule has 0 saturated heterocycles. The predicted octanol–water partition coefficient (Wildman–Crippen LogP) is 1.33. The van der Waals surface area contributed by atoms with Crippen molar-refractivity contribution in [3.05, 3.63) is 11.5 Å². The average Bonchev–Trinajstić information content (AvgIpc) is 2.18. The summed E-state index contributed by atoms with van der Waals surface area (Å²) in [7, 11) is 0. The number of anilines is 1. The Hall–Kier alpha value is -1.06. The third-order valence-electron chi connectivity index (χ3n) is 1.41. The second-order valence-corrected chi connectivity index (χ2v) is 3.00. The predicted molar refractivity (Wildman–Crippen MR) is 41.5 cm³/mol. The van der Waals surface area contributed by atoms with E-state index in [9.17, 15) is 4.39 Å². The van der Waals surface area contributed by atoms with Gasteiger partial charge in [0.1, 0.15) is 0 Å². The maximum atomic E-state index is 12.9. The third kappa shape index (κ3) is 1.69. The molecule has 62 valence electrons. The number of aromatic amines is 1. The molecule has 1 rings (SSSR count). The number of nitrogens with two attached hydrogens (primary N) is 1. The Morgan fingerprint density at radius 3 is 2.64 bits per heavy atom. The number of H-pyrrole nitrogens is 1. The molecule has 0 saturated carbocycles. The van der Waals surface area contributed by atoms with Crippen molar-refractivity contribution in [3.63, 3.8) is 0 Å². The molecular weight excluding hydrogens is 145 g/mol. The lowest BCUT2D eigenvalue weighted by Gasteiger charge is -1.99. The van der Waals surface area contributed by atoms with Gasteiger partial charge >= 0.3 is 0 Å². The fourth-order valence-electron chi connectivity index (χ4n) is 0.924. The molecule has 0 spiro atoms. The topological polar surface area (TPSA) is 54.7 Å². The van der Waals surface area contributed by atoms with E-state index in [1.165, 1.54) is 0 Å². The summed E-state index contributed by atoms with van der Waals surface area (Å²) in [5, 5.41) is 6.10. The highest BCUT2D eigenvalue weighted by Gasteiger charge is 2.10. The van der Waals surface area contributed by atoms with Gasteiger partial charge in [0.2, 0.25) is 0 Å². The Balaban J connectivity index is 2.79. The second kappa shape index (κ2) is 2.90. The van der Waals surface area contributed by atoms with Crippen LogP contribution in [0.1, 0.15) is 19.5 Å². The van der Waals surface area contributed by atoms with Gasteiger partial charge in [-0.05, 0) is 12.3 Å². The molecule has 3 N–H and O–H groups in total. The third-order valence-corrected chi connectivity index (χ3v) is 1.41. The van der Waals surface area contributed by atoms with Crippen LogP contribution in [0, 0.1) is 11.7 Å². The number of halogens is 1. The fraction of sp³-hybridized carbons (Fsp3) is 0.571. The largest absolute Gasteiger partial charge is 0.380 e. The number of nitrogens with one attached hydrogen (secondary N) is 1. The van der Waals surface area contributed by atoms with Gasteiger partial charge in [0.15, 0.2) is 11.6 Å². The first-order valence-electron chi connectivity index (χ1n) is 3.59. The molecule has 0 aliphatic heterocycles. The van der Waals surface area contributed by atoms with Gasteiger partial charge in [-0.1, -0.05) is 13.8 Å². The van der Waals surface area contributed by atoms with Crippen LogP contribution in [0.15, 0.2) is 0 Å². The lowest BCUT2D eigenvalue weighted by atomic mass is 10.1. The van der Waals surface area contributed by atoms with Crippen molar-refractivity contribution in [3.8, 4) is 0 Å². The summed E-state index contributed by atoms with van der Waals surface area (Å²) >= 11 is 0. The van der Waals surface area contributed by atoms with Gasteiger partial charge in [-0.2, -0.15) is 5.10 Å². The van der Waals surface area contributed by atoms with Crippen molar-refractivity contribution in [2.45, 2.75) is 20.3 Å². The van der Waals surface area contributed by atoms with E-state index in [-0.39, 0.29) is 5.82 Å². The zero-order valence-corrected chi connectivity index (χ0v) is 6.69.